The van der Waals surface area contributed by atoms with Gasteiger partial charge in [-0.3, -0.25) is 4.57 Å². The van der Waals surface area contributed by atoms with Gasteiger partial charge in [-0.15, -0.1) is 0 Å². The minimum atomic E-state index is -2.51. The number of alkyl halides is 2. The van der Waals surface area contributed by atoms with Gasteiger partial charge in [-0.25, -0.2) is 4.98 Å². The lowest BCUT2D eigenvalue weighted by molar-refractivity contribution is 0.0665. The molecule has 0 bridgehead atoms. The number of halogens is 2. The zero-order valence-corrected chi connectivity index (χ0v) is 11.0. The van der Waals surface area contributed by atoms with E-state index < -0.39 is 6.55 Å². The van der Waals surface area contributed by atoms with Crippen molar-refractivity contribution in [3.63, 3.8) is 0 Å². The lowest BCUT2D eigenvalue weighted by Crippen LogP contribution is -2.27. The van der Waals surface area contributed by atoms with E-state index in [4.69, 9.17) is 0 Å². The lowest BCUT2D eigenvalue weighted by Gasteiger charge is -2.13. The molecule has 1 aromatic heterocycles. The van der Waals surface area contributed by atoms with Crippen molar-refractivity contribution in [3.05, 3.63) is 18.2 Å². The van der Waals surface area contributed by atoms with Gasteiger partial charge in [0.05, 0.1) is 6.54 Å². The van der Waals surface area contributed by atoms with Crippen molar-refractivity contribution in [1.82, 2.24) is 14.9 Å². The van der Waals surface area contributed by atoms with E-state index in [-0.39, 0.29) is 0 Å². The van der Waals surface area contributed by atoms with Crippen LogP contribution in [0.2, 0.25) is 0 Å². The van der Waals surface area contributed by atoms with E-state index in [1.807, 2.05) is 11.8 Å². The van der Waals surface area contributed by atoms with E-state index in [0.29, 0.717) is 18.4 Å². The van der Waals surface area contributed by atoms with Crippen molar-refractivity contribution >= 4 is 11.8 Å². The molecule has 0 radical (unpaired) electrons. The van der Waals surface area contributed by atoms with Gasteiger partial charge in [0.1, 0.15) is 5.82 Å². The van der Waals surface area contributed by atoms with Crippen LogP contribution in [-0.2, 0) is 6.54 Å². The molecule has 98 valence electrons. The molecule has 1 unspecified atom stereocenters. The van der Waals surface area contributed by atoms with Gasteiger partial charge in [0.25, 0.3) is 0 Å². The van der Waals surface area contributed by atoms with Gasteiger partial charge in [-0.2, -0.15) is 20.5 Å². The van der Waals surface area contributed by atoms with E-state index in [2.05, 4.69) is 24.1 Å². The van der Waals surface area contributed by atoms with Crippen molar-refractivity contribution in [1.29, 1.82) is 0 Å². The number of imidazole rings is 1. The van der Waals surface area contributed by atoms with Gasteiger partial charge in [0, 0.05) is 18.4 Å². The van der Waals surface area contributed by atoms with Crippen LogP contribution >= 0.6 is 11.8 Å². The maximum atomic E-state index is 12.5. The summed E-state index contributed by atoms with van der Waals surface area (Å²) in [5.41, 5.74) is 0. The predicted octanol–water partition coefficient (Wildman–Crippen LogP) is 2.90. The maximum absolute atomic E-state index is 12.5. The molecule has 1 atom stereocenters. The Kier molecular flexibility index (Phi) is 6.50. The fourth-order valence-corrected chi connectivity index (χ4v) is 2.24. The van der Waals surface area contributed by atoms with Crippen molar-refractivity contribution in [2.75, 3.05) is 11.5 Å². The van der Waals surface area contributed by atoms with E-state index >= 15 is 0 Å². The Bertz CT molecular complexity index is 317. The first kappa shape index (κ1) is 14.4. The van der Waals surface area contributed by atoms with Crippen molar-refractivity contribution < 1.29 is 8.78 Å². The molecule has 17 heavy (non-hydrogen) atoms. The minimum absolute atomic E-state index is 0.317. The van der Waals surface area contributed by atoms with Gasteiger partial charge in [0.15, 0.2) is 0 Å². The van der Waals surface area contributed by atoms with E-state index in [9.17, 15) is 8.78 Å². The van der Waals surface area contributed by atoms with Gasteiger partial charge in [-0.1, -0.05) is 6.92 Å². The zero-order chi connectivity index (χ0) is 12.7. The molecule has 3 nitrogen and oxygen atoms in total. The SMILES string of the molecule is CCSCCC(C)NCc1nccn1C(F)F. The molecule has 0 spiro atoms. The first-order chi connectivity index (χ1) is 8.15. The molecule has 0 saturated heterocycles. The Labute approximate surface area is 105 Å². The number of nitrogens with zero attached hydrogens (tertiary/aromatic N) is 2. The number of aromatic nitrogens is 2. The van der Waals surface area contributed by atoms with Crippen molar-refractivity contribution in [2.24, 2.45) is 0 Å². The van der Waals surface area contributed by atoms with Crippen molar-refractivity contribution in [3.8, 4) is 0 Å². The summed E-state index contributed by atoms with van der Waals surface area (Å²) in [4.78, 5) is 3.92. The van der Waals surface area contributed by atoms with Crippen LogP contribution in [0.1, 0.15) is 32.6 Å². The van der Waals surface area contributed by atoms with E-state index in [1.165, 1.54) is 12.4 Å². The summed E-state index contributed by atoms with van der Waals surface area (Å²) in [7, 11) is 0. The van der Waals surface area contributed by atoms with Crippen LogP contribution in [0.3, 0.4) is 0 Å². The summed E-state index contributed by atoms with van der Waals surface area (Å²) < 4.78 is 25.9. The van der Waals surface area contributed by atoms with Crippen LogP contribution in [0, 0.1) is 0 Å². The lowest BCUT2D eigenvalue weighted by atomic mass is 10.2. The molecule has 0 aromatic carbocycles. The molecule has 1 N–H and O–H groups in total. The van der Waals surface area contributed by atoms with Crippen LogP contribution in [-0.4, -0.2) is 27.1 Å². The summed E-state index contributed by atoms with van der Waals surface area (Å²) in [6.07, 6.45) is 3.74. The number of hydrogen-bond acceptors (Lipinski definition) is 3. The number of nitrogens with one attached hydrogen (secondary N) is 1. The molecule has 0 saturated carbocycles. The second-order valence-electron chi connectivity index (χ2n) is 3.80. The summed E-state index contributed by atoms with van der Waals surface area (Å²) in [6, 6.07) is 0.317. The molecule has 0 aliphatic heterocycles. The highest BCUT2D eigenvalue weighted by Gasteiger charge is 2.11. The van der Waals surface area contributed by atoms with Crippen LogP contribution in [0.4, 0.5) is 8.78 Å². The van der Waals surface area contributed by atoms with Gasteiger partial charge in [-0.05, 0) is 24.9 Å². The average Bonchev–Trinajstić information content (AvgIpc) is 2.75. The molecule has 0 aliphatic carbocycles. The average molecular weight is 263 g/mol. The molecule has 6 heteroatoms. The summed E-state index contributed by atoms with van der Waals surface area (Å²) >= 11 is 1.89. The molecule has 0 aliphatic rings. The fourth-order valence-electron chi connectivity index (χ4n) is 1.43. The number of rotatable bonds is 8. The summed E-state index contributed by atoms with van der Waals surface area (Å²) in [5, 5.41) is 3.21. The molecular weight excluding hydrogens is 244 g/mol. The second kappa shape index (κ2) is 7.66. The zero-order valence-electron chi connectivity index (χ0n) is 10.2. The molecule has 0 fully saturated rings. The monoisotopic (exact) mass is 263 g/mol. The third-order valence-electron chi connectivity index (χ3n) is 2.47. The fraction of sp³-hybridized carbons (Fsp3) is 0.727. The molecule has 1 heterocycles. The number of hydrogen-bond donors (Lipinski definition) is 1. The van der Waals surface area contributed by atoms with E-state index in [1.54, 1.807) is 0 Å². The maximum Gasteiger partial charge on any atom is 0.319 e. The normalized spacial score (nSPS) is 13.2. The highest BCUT2D eigenvalue weighted by Crippen LogP contribution is 2.12. The van der Waals surface area contributed by atoms with Gasteiger partial charge in [0.2, 0.25) is 0 Å². The standard InChI is InChI=1S/C11H19F2N3S/c1-3-17-7-4-9(2)15-8-10-14-5-6-16(10)11(12)13/h5-6,9,11,15H,3-4,7-8H2,1-2H3. The largest absolute Gasteiger partial charge is 0.319 e. The molecule has 1 aromatic rings. The Morgan fingerprint density at radius 3 is 2.94 bits per heavy atom. The highest BCUT2D eigenvalue weighted by molar-refractivity contribution is 7.99. The molecular formula is C11H19F2N3S. The van der Waals surface area contributed by atoms with Crippen LogP contribution < -0.4 is 5.32 Å². The Hall–Kier alpha value is -0.620. The quantitative estimate of drug-likeness (QED) is 0.731. The van der Waals surface area contributed by atoms with Gasteiger partial charge < -0.3 is 5.32 Å². The van der Waals surface area contributed by atoms with Crippen LogP contribution in [0.25, 0.3) is 0 Å². The third kappa shape index (κ3) is 5.04. The second-order valence-corrected chi connectivity index (χ2v) is 5.19. The summed E-state index contributed by atoms with van der Waals surface area (Å²) in [5.74, 6) is 2.59. The molecule has 0 amide bonds. The Morgan fingerprint density at radius 1 is 1.53 bits per heavy atom. The summed E-state index contributed by atoms with van der Waals surface area (Å²) in [6.45, 7) is 2.06. The smallest absolute Gasteiger partial charge is 0.307 e. The predicted molar refractivity (Wildman–Crippen MR) is 67.4 cm³/mol. The highest BCUT2D eigenvalue weighted by atomic mass is 32.2. The number of thioether (sulfide) groups is 1. The van der Waals surface area contributed by atoms with Crippen LogP contribution in [0.5, 0.6) is 0 Å². The third-order valence-corrected chi connectivity index (χ3v) is 3.40. The minimum Gasteiger partial charge on any atom is -0.307 e. The van der Waals surface area contributed by atoms with E-state index in [0.717, 1.165) is 22.5 Å². The Morgan fingerprint density at radius 2 is 2.29 bits per heavy atom. The first-order valence-electron chi connectivity index (χ1n) is 5.76. The Balaban J connectivity index is 2.31. The van der Waals surface area contributed by atoms with Crippen molar-refractivity contribution in [2.45, 2.75) is 39.4 Å². The molecule has 1 rings (SSSR count). The first-order valence-corrected chi connectivity index (χ1v) is 6.91. The van der Waals surface area contributed by atoms with Gasteiger partial charge >= 0.3 is 6.55 Å². The topological polar surface area (TPSA) is 29.9 Å². The van der Waals surface area contributed by atoms with Crippen LogP contribution in [0.15, 0.2) is 12.4 Å².